The highest BCUT2D eigenvalue weighted by Gasteiger charge is 2.53. The lowest BCUT2D eigenvalue weighted by atomic mass is 10.1. The number of aliphatic hydroxyl groups is 2. The van der Waals surface area contributed by atoms with Gasteiger partial charge in [0.15, 0.2) is 12.5 Å². The largest absolute Gasteiger partial charge is 0.387 e. The van der Waals surface area contributed by atoms with E-state index < -0.39 is 87.1 Å². The van der Waals surface area contributed by atoms with Crippen LogP contribution in [0.2, 0.25) is 0 Å². The summed E-state index contributed by atoms with van der Waals surface area (Å²) in [5, 5.41) is 23.4. The minimum absolute atomic E-state index is 0.531. The summed E-state index contributed by atoms with van der Waals surface area (Å²) in [6.07, 6.45) is -2.90. The fraction of sp³-hybridized carbons (Fsp3) is 0.583. The third-order valence-corrected chi connectivity index (χ3v) is 11.4. The van der Waals surface area contributed by atoms with Crippen LogP contribution in [0.3, 0.4) is 0 Å². The molecule has 3 aromatic rings. The number of hydrogen-bond acceptors (Lipinski definition) is 14. The fourth-order valence-electron chi connectivity index (χ4n) is 6.15. The molecule has 3 aliphatic heterocycles. The van der Waals surface area contributed by atoms with Gasteiger partial charge in [0.25, 0.3) is 5.56 Å². The molecule has 2 unspecified atom stereocenters. The molecule has 17 nitrogen and oxygen atoms in total. The molecule has 0 spiro atoms. The number of fused-ring (bicyclic) bond motifs is 3. The first-order valence-corrected chi connectivity index (χ1v) is 19.3. The van der Waals surface area contributed by atoms with E-state index in [0.717, 1.165) is 59.2 Å². The zero-order valence-corrected chi connectivity index (χ0v) is 26.7. The van der Waals surface area contributed by atoms with Crippen molar-refractivity contribution in [1.29, 1.82) is 0 Å². The van der Waals surface area contributed by atoms with Crippen molar-refractivity contribution in [2.75, 3.05) is 13.2 Å². The van der Waals surface area contributed by atoms with Crippen LogP contribution in [-0.2, 0) is 56.8 Å². The van der Waals surface area contributed by atoms with Crippen molar-refractivity contribution in [1.82, 2.24) is 24.1 Å². The Morgan fingerprint density at radius 3 is 2.53 bits per heavy atom. The Hall–Kier alpha value is -1.83. The summed E-state index contributed by atoms with van der Waals surface area (Å²) in [6.45, 7) is -9.60. The molecule has 0 amide bonds. The third kappa shape index (κ3) is 6.04. The molecule has 4 aliphatic rings. The normalized spacial score (nSPS) is 39.0. The maximum absolute atomic E-state index is 13.5. The SMILES string of the molecule is O=c1ccn([C@@H]2O[C@@H]3COP(O)(=S)O[C@H]4[C@@H](O)[C@H](n5cc6c7c(ncnc75)CCCC6)O[C@@H]4COP(=O)(S)O[C@@H]2[C@@H]3O)c(=O)[nH]1. The van der Waals surface area contributed by atoms with E-state index >= 15 is 0 Å². The van der Waals surface area contributed by atoms with Crippen molar-refractivity contribution in [3.8, 4) is 0 Å². The van der Waals surface area contributed by atoms with Gasteiger partial charge in [-0.05, 0) is 43.1 Å². The molecule has 1 aliphatic carbocycles. The lowest BCUT2D eigenvalue weighted by Gasteiger charge is -2.27. The van der Waals surface area contributed by atoms with E-state index in [9.17, 15) is 29.3 Å². The van der Waals surface area contributed by atoms with Crippen molar-refractivity contribution in [3.05, 3.63) is 56.9 Å². The zero-order chi connectivity index (χ0) is 31.7. The van der Waals surface area contributed by atoms with Crippen LogP contribution < -0.4 is 11.2 Å². The molecule has 21 heteroatoms. The van der Waals surface area contributed by atoms with Gasteiger partial charge in [-0.3, -0.25) is 27.9 Å². The molecular formula is C24H29N5O12P2S2. The van der Waals surface area contributed by atoms with Gasteiger partial charge in [0.2, 0.25) is 0 Å². The second-order valence-electron chi connectivity index (χ2n) is 11.1. The third-order valence-electron chi connectivity index (χ3n) is 8.21. The Morgan fingerprint density at radius 1 is 0.978 bits per heavy atom. The molecule has 2 bridgehead atoms. The number of nitrogens with zero attached hydrogens (tertiary/aromatic N) is 4. The Balaban J connectivity index is 1.20. The van der Waals surface area contributed by atoms with Gasteiger partial charge in [0, 0.05) is 23.8 Å². The summed E-state index contributed by atoms with van der Waals surface area (Å²) in [5.41, 5.74) is 0.872. The number of nitrogens with one attached hydrogen (secondary N) is 1. The van der Waals surface area contributed by atoms with Crippen molar-refractivity contribution in [2.45, 2.75) is 74.8 Å². The smallest absolute Gasteiger partial charge is 0.386 e. The predicted octanol–water partition coefficient (Wildman–Crippen LogP) is 0.449. The maximum Gasteiger partial charge on any atom is 0.386 e. The van der Waals surface area contributed by atoms with Gasteiger partial charge in [0.05, 0.1) is 18.9 Å². The minimum atomic E-state index is -4.35. The Bertz CT molecular complexity index is 1840. The number of aliphatic hydroxyl groups excluding tert-OH is 2. The number of rotatable bonds is 2. The van der Waals surface area contributed by atoms with Gasteiger partial charge in [0.1, 0.15) is 48.6 Å². The molecule has 0 saturated carbocycles. The van der Waals surface area contributed by atoms with E-state index in [-0.39, 0.29) is 0 Å². The highest BCUT2D eigenvalue weighted by Crippen LogP contribution is 2.58. The highest BCUT2D eigenvalue weighted by molar-refractivity contribution is 8.44. The monoisotopic (exact) mass is 705 g/mol. The van der Waals surface area contributed by atoms with Crippen LogP contribution in [-0.4, -0.2) is 89.0 Å². The van der Waals surface area contributed by atoms with E-state index in [0.29, 0.717) is 5.65 Å². The quantitative estimate of drug-likeness (QED) is 0.181. The van der Waals surface area contributed by atoms with E-state index in [2.05, 4.69) is 27.2 Å². The van der Waals surface area contributed by atoms with Crippen LogP contribution >= 0.6 is 25.8 Å². The van der Waals surface area contributed by atoms with Crippen molar-refractivity contribution in [3.63, 3.8) is 0 Å². The Labute approximate surface area is 264 Å². The molecule has 0 aromatic carbocycles. The van der Waals surface area contributed by atoms with E-state index in [4.69, 9.17) is 39.4 Å². The van der Waals surface area contributed by atoms with Crippen LogP contribution in [0.5, 0.6) is 0 Å². The van der Waals surface area contributed by atoms with Crippen LogP contribution in [0, 0.1) is 0 Å². The fourth-order valence-corrected chi connectivity index (χ4v) is 9.05. The van der Waals surface area contributed by atoms with E-state index in [1.165, 1.54) is 6.33 Å². The molecule has 3 saturated heterocycles. The molecule has 244 valence electrons. The van der Waals surface area contributed by atoms with Crippen LogP contribution in [0.4, 0.5) is 0 Å². The van der Waals surface area contributed by atoms with Crippen molar-refractivity contribution < 1.29 is 47.2 Å². The van der Waals surface area contributed by atoms with Gasteiger partial charge in [-0.2, -0.15) is 0 Å². The zero-order valence-electron chi connectivity index (χ0n) is 23.2. The topological polar surface area (TPSA) is 219 Å². The molecule has 6 heterocycles. The summed E-state index contributed by atoms with van der Waals surface area (Å²) in [7, 11) is 0. The lowest BCUT2D eigenvalue weighted by Crippen LogP contribution is -2.39. The van der Waals surface area contributed by atoms with Gasteiger partial charge >= 0.3 is 19.2 Å². The molecule has 3 aromatic heterocycles. The molecule has 0 radical (unpaired) electrons. The first kappa shape index (κ1) is 31.8. The summed E-state index contributed by atoms with van der Waals surface area (Å²) >= 11 is 9.31. The van der Waals surface area contributed by atoms with Crippen LogP contribution in [0.1, 0.15) is 36.6 Å². The molecule has 7 rings (SSSR count). The van der Waals surface area contributed by atoms with Gasteiger partial charge in [-0.15, -0.1) is 0 Å². The van der Waals surface area contributed by atoms with Crippen molar-refractivity contribution in [2.24, 2.45) is 0 Å². The van der Waals surface area contributed by atoms with Gasteiger partial charge in [-0.1, -0.05) is 12.2 Å². The molecule has 3 fully saturated rings. The molecule has 4 N–H and O–H groups in total. The predicted molar refractivity (Wildman–Crippen MR) is 160 cm³/mol. The number of thiol groups is 1. The second-order valence-corrected chi connectivity index (χ2v) is 16.8. The minimum Gasteiger partial charge on any atom is -0.387 e. The lowest BCUT2D eigenvalue weighted by molar-refractivity contribution is -0.0611. The van der Waals surface area contributed by atoms with Crippen molar-refractivity contribution >= 4 is 48.6 Å². The standard InChI is InChI=1S/C24H29N5O12P2S2/c30-15-5-6-28(24(33)27-15)23-20-17(31)13(38-23)8-36-42(34,44)40-19-14(9-37-43(35,45)41-20)39-22(18(19)32)29-7-11-3-1-2-4-12-16(11)21(29)26-10-25-12/h5-7,10,13-14,17-20,22-23,31-32H,1-4,8-9H2,(H,34,44)(H,35,45)(H,27,30,33)/t13-,14-,17-,18-,19-,20-,22-,23-,42?,43?/m1/s1. The van der Waals surface area contributed by atoms with E-state index in [1.807, 2.05) is 6.20 Å². The summed E-state index contributed by atoms with van der Waals surface area (Å²) in [6, 6.07) is 1.05. The van der Waals surface area contributed by atoms with Gasteiger partial charge < -0.3 is 33.7 Å². The molecule has 45 heavy (non-hydrogen) atoms. The average Bonchev–Trinajstić information content (AvgIpc) is 3.53. The molecule has 10 atom stereocenters. The number of H-pyrrole nitrogens is 1. The maximum atomic E-state index is 13.5. The summed E-state index contributed by atoms with van der Waals surface area (Å²) in [5.74, 6) is 0. The van der Waals surface area contributed by atoms with Gasteiger partial charge in [-0.25, -0.2) is 19.3 Å². The second kappa shape index (κ2) is 12.0. The molecular weight excluding hydrogens is 676 g/mol. The average molecular weight is 706 g/mol. The Kier molecular flexibility index (Phi) is 8.47. The first-order valence-electron chi connectivity index (χ1n) is 14.0. The number of aromatic nitrogens is 5. The van der Waals surface area contributed by atoms with Crippen LogP contribution in [0.25, 0.3) is 11.0 Å². The number of hydrogen-bond donors (Lipinski definition) is 5. The van der Waals surface area contributed by atoms with Crippen LogP contribution in [0.15, 0.2) is 34.4 Å². The number of aromatic amines is 1. The number of aryl methyl sites for hydroxylation is 2. The summed E-state index contributed by atoms with van der Waals surface area (Å²) < 4.78 is 50.5. The first-order chi connectivity index (χ1) is 21.4. The summed E-state index contributed by atoms with van der Waals surface area (Å²) in [4.78, 5) is 46.1. The Morgan fingerprint density at radius 2 is 1.73 bits per heavy atom. The highest BCUT2D eigenvalue weighted by atomic mass is 32.7. The number of ether oxygens (including phenoxy) is 2. The van der Waals surface area contributed by atoms with E-state index in [1.54, 1.807) is 4.57 Å².